The van der Waals surface area contributed by atoms with Crippen molar-refractivity contribution in [1.29, 1.82) is 0 Å². The predicted molar refractivity (Wildman–Crippen MR) is 110 cm³/mol. The smallest absolute Gasteiger partial charge is 0.253 e. The Hall–Kier alpha value is -2.05. The van der Waals surface area contributed by atoms with E-state index >= 15 is 0 Å². The molecule has 0 unspecified atom stereocenters. The Labute approximate surface area is 167 Å². The molecule has 0 aliphatic carbocycles. The van der Waals surface area contributed by atoms with Crippen LogP contribution in [0.5, 0.6) is 0 Å². The Kier molecular flexibility index (Phi) is 8.13. The van der Waals surface area contributed by atoms with Crippen molar-refractivity contribution in [2.24, 2.45) is 0 Å². The number of carbonyl (C=O) groups is 2. The maximum absolute atomic E-state index is 13.8. The lowest BCUT2D eigenvalue weighted by Gasteiger charge is -2.14. The molecular formula is C20H22ClFN2O2S. The average Bonchev–Trinajstić information content (AvgIpc) is 2.63. The second-order valence-electron chi connectivity index (χ2n) is 6.11. The number of para-hydroxylation sites is 1. The van der Waals surface area contributed by atoms with E-state index in [0.717, 1.165) is 6.42 Å². The minimum Gasteiger partial charge on any atom is -0.350 e. The van der Waals surface area contributed by atoms with E-state index in [1.54, 1.807) is 36.4 Å². The molecule has 0 aliphatic heterocycles. The highest BCUT2D eigenvalue weighted by Gasteiger charge is 2.14. The van der Waals surface area contributed by atoms with Gasteiger partial charge < -0.3 is 10.6 Å². The summed E-state index contributed by atoms with van der Waals surface area (Å²) < 4.78 is 13.8. The van der Waals surface area contributed by atoms with Gasteiger partial charge in [-0.3, -0.25) is 9.59 Å². The van der Waals surface area contributed by atoms with Gasteiger partial charge in [-0.15, -0.1) is 11.8 Å². The van der Waals surface area contributed by atoms with Gasteiger partial charge >= 0.3 is 0 Å². The zero-order valence-corrected chi connectivity index (χ0v) is 16.8. The van der Waals surface area contributed by atoms with Crippen LogP contribution in [0.4, 0.5) is 10.1 Å². The van der Waals surface area contributed by atoms with Crippen LogP contribution in [-0.4, -0.2) is 23.6 Å². The summed E-state index contributed by atoms with van der Waals surface area (Å²) in [6, 6.07) is 11.4. The highest BCUT2D eigenvalue weighted by atomic mass is 35.5. The first kappa shape index (κ1) is 21.3. The highest BCUT2D eigenvalue weighted by Crippen LogP contribution is 2.20. The highest BCUT2D eigenvalue weighted by molar-refractivity contribution is 7.99. The van der Waals surface area contributed by atoms with Crippen molar-refractivity contribution < 1.29 is 14.0 Å². The van der Waals surface area contributed by atoms with E-state index < -0.39 is 0 Å². The van der Waals surface area contributed by atoms with Crippen molar-refractivity contribution in [1.82, 2.24) is 5.32 Å². The Morgan fingerprint density at radius 3 is 2.67 bits per heavy atom. The average molecular weight is 409 g/mol. The fourth-order valence-electron chi connectivity index (χ4n) is 2.27. The van der Waals surface area contributed by atoms with Gasteiger partial charge in [-0.1, -0.05) is 36.7 Å². The number of halogens is 2. The van der Waals surface area contributed by atoms with E-state index in [9.17, 15) is 14.0 Å². The third-order valence-electron chi connectivity index (χ3n) is 3.94. The summed E-state index contributed by atoms with van der Waals surface area (Å²) in [6.07, 6.45) is 0.818. The molecule has 27 heavy (non-hydrogen) atoms. The van der Waals surface area contributed by atoms with Gasteiger partial charge in [0.25, 0.3) is 5.91 Å². The van der Waals surface area contributed by atoms with Gasteiger partial charge in [0, 0.05) is 16.8 Å². The third kappa shape index (κ3) is 6.56. The summed E-state index contributed by atoms with van der Waals surface area (Å²) >= 11 is 7.02. The second-order valence-corrected chi connectivity index (χ2v) is 7.53. The monoisotopic (exact) mass is 408 g/mol. The molecule has 2 N–H and O–H groups in total. The minimum absolute atomic E-state index is 0.0473. The Morgan fingerprint density at radius 2 is 1.96 bits per heavy atom. The van der Waals surface area contributed by atoms with Gasteiger partial charge in [0.05, 0.1) is 17.0 Å². The van der Waals surface area contributed by atoms with Crippen LogP contribution < -0.4 is 10.6 Å². The molecule has 0 fully saturated rings. The summed E-state index contributed by atoms with van der Waals surface area (Å²) in [4.78, 5) is 24.6. The number of rotatable bonds is 8. The van der Waals surface area contributed by atoms with Gasteiger partial charge in [-0.05, 0) is 43.2 Å². The normalized spacial score (nSPS) is 11.7. The molecule has 2 aromatic carbocycles. The van der Waals surface area contributed by atoms with E-state index in [1.165, 1.54) is 17.8 Å². The molecule has 0 radical (unpaired) electrons. The Balaban J connectivity index is 1.93. The molecule has 4 nitrogen and oxygen atoms in total. The number of carbonyl (C=O) groups excluding carboxylic acids is 2. The molecule has 0 heterocycles. The molecule has 2 amide bonds. The van der Waals surface area contributed by atoms with Crippen LogP contribution in [0.1, 0.15) is 36.2 Å². The lowest BCUT2D eigenvalue weighted by molar-refractivity contribution is -0.113. The van der Waals surface area contributed by atoms with Crippen LogP contribution >= 0.6 is 23.4 Å². The van der Waals surface area contributed by atoms with E-state index in [4.69, 9.17) is 11.6 Å². The van der Waals surface area contributed by atoms with Gasteiger partial charge in [0.1, 0.15) is 5.82 Å². The first-order valence-electron chi connectivity index (χ1n) is 8.62. The molecule has 7 heteroatoms. The standard InChI is InChI=1S/C20H22ClFN2O2S/c1-3-13(2)23-20(26)16-6-4-5-7-18(16)24-19(25)12-27-11-14-8-9-15(21)10-17(14)22/h4-10,13H,3,11-12H2,1-2H3,(H,23,26)(H,24,25)/t13-/m0/s1. The number of anilines is 1. The molecule has 0 saturated carbocycles. The molecular weight excluding hydrogens is 387 g/mol. The second kappa shape index (κ2) is 10.3. The lowest BCUT2D eigenvalue weighted by atomic mass is 10.1. The van der Waals surface area contributed by atoms with Crippen molar-refractivity contribution in [3.8, 4) is 0 Å². The number of thioether (sulfide) groups is 1. The van der Waals surface area contributed by atoms with Crippen LogP contribution in [0.25, 0.3) is 0 Å². The van der Waals surface area contributed by atoms with Crippen LogP contribution in [0, 0.1) is 5.82 Å². The third-order valence-corrected chi connectivity index (χ3v) is 5.16. The summed E-state index contributed by atoms with van der Waals surface area (Å²) in [5, 5.41) is 5.98. The fourth-order valence-corrected chi connectivity index (χ4v) is 3.24. The van der Waals surface area contributed by atoms with Gasteiger partial charge in [-0.25, -0.2) is 4.39 Å². The first-order chi connectivity index (χ1) is 12.9. The zero-order chi connectivity index (χ0) is 19.8. The molecule has 0 bridgehead atoms. The molecule has 144 valence electrons. The summed E-state index contributed by atoms with van der Waals surface area (Å²) in [5.74, 6) is -0.368. The van der Waals surface area contributed by atoms with Crippen molar-refractivity contribution >= 4 is 40.9 Å². The van der Waals surface area contributed by atoms with Crippen molar-refractivity contribution in [3.63, 3.8) is 0 Å². The predicted octanol–water partition coefficient (Wildman–Crippen LogP) is 4.88. The Bertz CT molecular complexity index is 816. The van der Waals surface area contributed by atoms with Gasteiger partial charge in [-0.2, -0.15) is 0 Å². The fraction of sp³-hybridized carbons (Fsp3) is 0.300. The van der Waals surface area contributed by atoms with Crippen molar-refractivity contribution in [2.75, 3.05) is 11.1 Å². The molecule has 0 aliphatic rings. The zero-order valence-electron chi connectivity index (χ0n) is 15.2. The molecule has 0 aromatic heterocycles. The number of nitrogens with one attached hydrogen (secondary N) is 2. The minimum atomic E-state index is -0.387. The maximum Gasteiger partial charge on any atom is 0.253 e. The number of amides is 2. The summed E-state index contributed by atoms with van der Waals surface area (Å²) in [6.45, 7) is 3.91. The molecule has 1 atom stereocenters. The van der Waals surface area contributed by atoms with Crippen molar-refractivity contribution in [2.45, 2.75) is 32.1 Å². The lowest BCUT2D eigenvalue weighted by Crippen LogP contribution is -2.32. The quantitative estimate of drug-likeness (QED) is 0.654. The maximum atomic E-state index is 13.8. The van der Waals surface area contributed by atoms with E-state index in [-0.39, 0.29) is 29.4 Å². The summed E-state index contributed by atoms with van der Waals surface area (Å²) in [5.41, 5.74) is 1.37. The number of hydrogen-bond acceptors (Lipinski definition) is 3. The topological polar surface area (TPSA) is 58.2 Å². The van der Waals surface area contributed by atoms with Crippen LogP contribution in [0.3, 0.4) is 0 Å². The van der Waals surface area contributed by atoms with E-state index in [2.05, 4.69) is 10.6 Å². The van der Waals surface area contributed by atoms with Crippen LogP contribution in [0.15, 0.2) is 42.5 Å². The van der Waals surface area contributed by atoms with Crippen molar-refractivity contribution in [3.05, 3.63) is 64.4 Å². The van der Waals surface area contributed by atoms with Crippen LogP contribution in [-0.2, 0) is 10.5 Å². The van der Waals surface area contributed by atoms with Gasteiger partial charge in [0.15, 0.2) is 0 Å². The molecule has 0 saturated heterocycles. The molecule has 0 spiro atoms. The largest absolute Gasteiger partial charge is 0.350 e. The van der Waals surface area contributed by atoms with Crippen LogP contribution in [0.2, 0.25) is 5.02 Å². The SMILES string of the molecule is CC[C@H](C)NC(=O)c1ccccc1NC(=O)CSCc1ccc(Cl)cc1F. The molecule has 2 rings (SSSR count). The van der Waals surface area contributed by atoms with Gasteiger partial charge in [0.2, 0.25) is 5.91 Å². The first-order valence-corrected chi connectivity index (χ1v) is 10.2. The molecule has 2 aromatic rings. The van der Waals surface area contributed by atoms with E-state index in [0.29, 0.717) is 27.6 Å². The number of hydrogen-bond donors (Lipinski definition) is 2. The van der Waals surface area contributed by atoms with E-state index in [1.807, 2.05) is 13.8 Å². The Morgan fingerprint density at radius 1 is 1.22 bits per heavy atom. The summed E-state index contributed by atoms with van der Waals surface area (Å²) in [7, 11) is 0. The number of benzene rings is 2.